The molecule has 0 aromatic heterocycles. The number of ether oxygens (including phenoxy) is 4. The van der Waals surface area contributed by atoms with Gasteiger partial charge in [0.2, 0.25) is 0 Å². The molecule has 0 radical (unpaired) electrons. The van der Waals surface area contributed by atoms with Crippen molar-refractivity contribution in [3.05, 3.63) is 0 Å². The van der Waals surface area contributed by atoms with Gasteiger partial charge in [-0.15, -0.1) is 0 Å². The van der Waals surface area contributed by atoms with Crippen molar-refractivity contribution in [1.29, 1.82) is 0 Å². The standard InChI is InChI=1S/C13H29O6P/c1-15-6-7-18-9-11-20(4,5,10-8-16-2)19-13(14)12-17-3/h6-12H2,1-5H3. The van der Waals surface area contributed by atoms with Gasteiger partial charge in [0.15, 0.2) is 0 Å². The monoisotopic (exact) mass is 312 g/mol. The van der Waals surface area contributed by atoms with Crippen molar-refractivity contribution in [2.45, 2.75) is 0 Å². The average molecular weight is 312 g/mol. The SMILES string of the molecule is COCCOCCP(C)(C)(CCOC)OC(=O)COC. The molecule has 7 heteroatoms. The molecule has 0 bridgehead atoms. The molecule has 6 nitrogen and oxygen atoms in total. The normalized spacial score (nSPS) is 13.8. The summed E-state index contributed by atoms with van der Waals surface area (Å²) >= 11 is 0. The van der Waals surface area contributed by atoms with Crippen molar-refractivity contribution < 1.29 is 28.3 Å². The molecule has 0 heterocycles. The second kappa shape index (κ2) is 9.64. The third-order valence-electron chi connectivity index (χ3n) is 3.03. The second-order valence-electron chi connectivity index (χ2n) is 5.50. The Labute approximate surface area is 122 Å². The first-order valence-corrected chi connectivity index (χ1v) is 10.1. The van der Waals surface area contributed by atoms with Crippen LogP contribution in [0.25, 0.3) is 0 Å². The second-order valence-corrected chi connectivity index (χ2v) is 11.7. The molecular weight excluding hydrogens is 283 g/mol. The first-order chi connectivity index (χ1) is 9.36. The van der Waals surface area contributed by atoms with Crippen LogP contribution in [0.1, 0.15) is 0 Å². The van der Waals surface area contributed by atoms with Crippen molar-refractivity contribution in [3.8, 4) is 0 Å². The molecular formula is C13H29O6P. The molecule has 0 fully saturated rings. The minimum absolute atomic E-state index is 0.0307. The summed E-state index contributed by atoms with van der Waals surface area (Å²) in [6.45, 7) is 3.59. The zero-order valence-electron chi connectivity index (χ0n) is 13.3. The number of hydrogen-bond acceptors (Lipinski definition) is 6. The first kappa shape index (κ1) is 19.7. The number of carbonyl (C=O) groups excluding carboxylic acids is 1. The predicted octanol–water partition coefficient (Wildman–Crippen LogP) is 1.21. The van der Waals surface area contributed by atoms with Gasteiger partial charge in [0.25, 0.3) is 0 Å². The van der Waals surface area contributed by atoms with Crippen molar-refractivity contribution in [2.75, 3.05) is 80.0 Å². The molecule has 20 heavy (non-hydrogen) atoms. The van der Waals surface area contributed by atoms with Crippen molar-refractivity contribution in [3.63, 3.8) is 0 Å². The van der Waals surface area contributed by atoms with E-state index in [1.165, 1.54) is 7.11 Å². The van der Waals surface area contributed by atoms with E-state index in [1.807, 2.05) is 13.3 Å². The van der Waals surface area contributed by atoms with Crippen LogP contribution < -0.4 is 0 Å². The van der Waals surface area contributed by atoms with Gasteiger partial charge in [-0.05, 0) is 0 Å². The maximum atomic E-state index is 11.7. The van der Waals surface area contributed by atoms with Crippen LogP contribution in [0.3, 0.4) is 0 Å². The fourth-order valence-electron chi connectivity index (χ4n) is 1.66. The van der Waals surface area contributed by atoms with Gasteiger partial charge in [-0.25, -0.2) is 0 Å². The van der Waals surface area contributed by atoms with E-state index in [-0.39, 0.29) is 12.6 Å². The predicted molar refractivity (Wildman–Crippen MR) is 81.0 cm³/mol. The molecule has 0 N–H and O–H groups in total. The van der Waals surface area contributed by atoms with Crippen LogP contribution in [0, 0.1) is 0 Å². The van der Waals surface area contributed by atoms with Gasteiger partial charge in [0.1, 0.15) is 0 Å². The molecule has 0 atom stereocenters. The number of methoxy groups -OCH3 is 3. The van der Waals surface area contributed by atoms with Crippen LogP contribution in [0.5, 0.6) is 0 Å². The molecule has 0 aromatic carbocycles. The first-order valence-electron chi connectivity index (χ1n) is 6.64. The summed E-state index contributed by atoms with van der Waals surface area (Å²) in [7, 11) is 4.75. The van der Waals surface area contributed by atoms with Crippen LogP contribution >= 0.6 is 6.83 Å². The Morgan fingerprint density at radius 1 is 0.850 bits per heavy atom. The third-order valence-corrected chi connectivity index (χ3v) is 7.01. The van der Waals surface area contributed by atoms with E-state index in [0.717, 1.165) is 0 Å². The van der Waals surface area contributed by atoms with Gasteiger partial charge in [-0.3, -0.25) is 0 Å². The molecule has 0 saturated heterocycles. The summed E-state index contributed by atoms with van der Waals surface area (Å²) in [4.78, 5) is 11.7. The molecule has 0 aliphatic carbocycles. The van der Waals surface area contributed by atoms with E-state index >= 15 is 0 Å². The van der Waals surface area contributed by atoms with Crippen LogP contribution in [-0.4, -0.2) is 86.0 Å². The zero-order chi connectivity index (χ0) is 15.5. The number of rotatable bonds is 12. The molecule has 0 amide bonds. The van der Waals surface area contributed by atoms with E-state index in [0.29, 0.717) is 38.8 Å². The molecule has 0 unspecified atom stereocenters. The number of carbonyl (C=O) groups is 1. The van der Waals surface area contributed by atoms with Crippen molar-refractivity contribution in [1.82, 2.24) is 0 Å². The molecule has 0 aromatic rings. The van der Waals surface area contributed by atoms with Crippen LogP contribution in [0.4, 0.5) is 0 Å². The summed E-state index contributed by atoms with van der Waals surface area (Å²) in [5, 5.41) is 0. The average Bonchev–Trinajstić information content (AvgIpc) is 2.36. The van der Waals surface area contributed by atoms with Crippen molar-refractivity contribution >= 4 is 12.8 Å². The molecule has 0 saturated carbocycles. The van der Waals surface area contributed by atoms with Gasteiger partial charge in [0.05, 0.1) is 0 Å². The van der Waals surface area contributed by atoms with Gasteiger partial charge in [0, 0.05) is 0 Å². The third kappa shape index (κ3) is 8.82. The quantitative estimate of drug-likeness (QED) is 0.399. The summed E-state index contributed by atoms with van der Waals surface area (Å²) in [5.41, 5.74) is 0. The summed E-state index contributed by atoms with van der Waals surface area (Å²) in [6, 6.07) is 0. The maximum absolute atomic E-state index is 11.7. The van der Waals surface area contributed by atoms with Gasteiger partial charge in [-0.1, -0.05) is 0 Å². The minimum atomic E-state index is -2.63. The van der Waals surface area contributed by atoms with E-state index in [4.69, 9.17) is 23.5 Å². The molecule has 0 aliphatic rings. The molecule has 0 aliphatic heterocycles. The molecule has 0 rings (SSSR count). The van der Waals surface area contributed by atoms with Crippen LogP contribution in [-0.2, 0) is 28.3 Å². The summed E-state index contributed by atoms with van der Waals surface area (Å²) in [6.07, 6.45) is 1.42. The summed E-state index contributed by atoms with van der Waals surface area (Å²) in [5.74, 6) is -0.330. The van der Waals surface area contributed by atoms with Gasteiger partial charge < -0.3 is 0 Å². The van der Waals surface area contributed by atoms with Gasteiger partial charge in [-0.2, -0.15) is 0 Å². The van der Waals surface area contributed by atoms with E-state index in [2.05, 4.69) is 0 Å². The summed E-state index contributed by atoms with van der Waals surface area (Å²) < 4.78 is 26.1. The molecule has 122 valence electrons. The van der Waals surface area contributed by atoms with Gasteiger partial charge >= 0.3 is 121 Å². The number of hydrogen-bond donors (Lipinski definition) is 0. The topological polar surface area (TPSA) is 63.2 Å². The van der Waals surface area contributed by atoms with Crippen LogP contribution in [0.2, 0.25) is 0 Å². The Kier molecular flexibility index (Phi) is 9.51. The Hall–Kier alpha value is -0.260. The molecule has 0 spiro atoms. The van der Waals surface area contributed by atoms with E-state index in [1.54, 1.807) is 14.2 Å². The fraction of sp³-hybridized carbons (Fsp3) is 0.923. The zero-order valence-corrected chi connectivity index (χ0v) is 14.2. The van der Waals surface area contributed by atoms with E-state index in [9.17, 15) is 4.79 Å². The Morgan fingerprint density at radius 3 is 2.00 bits per heavy atom. The fourth-order valence-corrected chi connectivity index (χ4v) is 4.27. The Bertz CT molecular complexity index is 282. The van der Waals surface area contributed by atoms with Crippen LogP contribution in [0.15, 0.2) is 0 Å². The Morgan fingerprint density at radius 2 is 1.45 bits per heavy atom. The Balaban J connectivity index is 4.48. The van der Waals surface area contributed by atoms with E-state index < -0.39 is 6.83 Å². The van der Waals surface area contributed by atoms with Crippen molar-refractivity contribution in [2.24, 2.45) is 0 Å².